The average Bonchev–Trinajstić information content (AvgIpc) is 2.51. The molecule has 0 bridgehead atoms. The maximum absolute atomic E-state index is 9.26. The van der Waals surface area contributed by atoms with Gasteiger partial charge in [-0.05, 0) is 6.42 Å². The number of hydrogen-bond acceptors (Lipinski definition) is 3. The van der Waals surface area contributed by atoms with Crippen molar-refractivity contribution in [2.75, 3.05) is 7.11 Å². The van der Waals surface area contributed by atoms with Crippen LogP contribution < -0.4 is 4.57 Å². The molecule has 6 heteroatoms. The van der Waals surface area contributed by atoms with Crippen molar-refractivity contribution in [3.05, 3.63) is 18.7 Å². The molecule has 80 valence electrons. The number of aromatic nitrogens is 2. The zero-order valence-electron chi connectivity index (χ0n) is 8.55. The van der Waals surface area contributed by atoms with Crippen LogP contribution in [0.25, 0.3) is 0 Å². The van der Waals surface area contributed by atoms with E-state index in [0.29, 0.717) is 12.5 Å². The summed E-state index contributed by atoms with van der Waals surface area (Å²) in [5.74, 6) is 0. The van der Waals surface area contributed by atoms with Gasteiger partial charge < -0.3 is 14.0 Å². The van der Waals surface area contributed by atoms with Crippen LogP contribution >= 0.6 is 0 Å². The van der Waals surface area contributed by atoms with E-state index in [2.05, 4.69) is 4.43 Å². The Hall–Kier alpha value is -0.693. The molecule has 5 nitrogen and oxygen atoms in total. The molecule has 2 N–H and O–H groups in total. The molecule has 0 saturated carbocycles. The minimum absolute atomic E-state index is 0.339. The highest BCUT2D eigenvalue weighted by molar-refractivity contribution is 6.57. The topological polar surface area (TPSA) is 58.5 Å². The summed E-state index contributed by atoms with van der Waals surface area (Å²) >= 11 is 0. The van der Waals surface area contributed by atoms with E-state index in [9.17, 15) is 9.59 Å². The first-order valence-corrected chi connectivity index (χ1v) is 6.55. The van der Waals surface area contributed by atoms with E-state index in [4.69, 9.17) is 0 Å². The van der Waals surface area contributed by atoms with Gasteiger partial charge in [0, 0.05) is 13.2 Å². The molecule has 1 rings (SSSR count). The van der Waals surface area contributed by atoms with Crippen LogP contribution in [0.15, 0.2) is 18.7 Å². The molecule has 0 spiro atoms. The van der Waals surface area contributed by atoms with Gasteiger partial charge in [-0.2, -0.15) is 0 Å². The van der Waals surface area contributed by atoms with Gasteiger partial charge in [0.15, 0.2) is 0 Å². The molecule has 1 heterocycles. The normalized spacial score (nSPS) is 12.0. The molecule has 0 radical (unpaired) electrons. The van der Waals surface area contributed by atoms with Gasteiger partial charge >= 0.3 is 8.80 Å². The van der Waals surface area contributed by atoms with Crippen LogP contribution in [0.4, 0.5) is 0 Å². The maximum Gasteiger partial charge on any atom is 0.495 e. The van der Waals surface area contributed by atoms with E-state index in [1.165, 1.54) is 7.11 Å². The highest BCUT2D eigenvalue weighted by atomic mass is 28.4. The summed E-state index contributed by atoms with van der Waals surface area (Å²) in [5.41, 5.74) is 0. The standard InChI is InChI=1S/C8H17N2O3Si/c1-9-5-6-10(8-9)4-3-7-14(11,12)13-2/h5-6,8,11-12H,3-4,7H2,1-2H3/q+1. The lowest BCUT2D eigenvalue weighted by Crippen LogP contribution is -2.37. The van der Waals surface area contributed by atoms with Crippen LogP contribution in [-0.2, 0) is 18.0 Å². The molecule has 0 aliphatic heterocycles. The molecule has 0 aliphatic rings. The molecule has 0 saturated heterocycles. The molecule has 0 aliphatic carbocycles. The third-order valence-corrected chi connectivity index (χ3v) is 3.73. The summed E-state index contributed by atoms with van der Waals surface area (Å²) in [4.78, 5) is 18.5. The summed E-state index contributed by atoms with van der Waals surface area (Å²) in [5, 5.41) is 0. The number of nitrogens with zero attached hydrogens (tertiary/aromatic N) is 2. The number of aryl methyl sites for hydroxylation is 2. The largest absolute Gasteiger partial charge is 0.495 e. The van der Waals surface area contributed by atoms with Crippen molar-refractivity contribution in [2.45, 2.75) is 19.0 Å². The fourth-order valence-electron chi connectivity index (χ4n) is 1.23. The smallest absolute Gasteiger partial charge is 0.390 e. The Kier molecular flexibility index (Phi) is 3.82. The first-order chi connectivity index (χ1) is 6.53. The quantitative estimate of drug-likeness (QED) is 0.505. The number of rotatable bonds is 5. The Bertz CT molecular complexity index is 288. The van der Waals surface area contributed by atoms with E-state index < -0.39 is 8.80 Å². The second-order valence-corrected chi connectivity index (χ2v) is 5.76. The third kappa shape index (κ3) is 3.58. The van der Waals surface area contributed by atoms with Crippen molar-refractivity contribution >= 4 is 8.80 Å². The van der Waals surface area contributed by atoms with Crippen molar-refractivity contribution in [1.82, 2.24) is 4.57 Å². The van der Waals surface area contributed by atoms with Gasteiger partial charge in [-0.15, -0.1) is 0 Å². The van der Waals surface area contributed by atoms with Crippen molar-refractivity contribution in [3.8, 4) is 0 Å². The van der Waals surface area contributed by atoms with Crippen molar-refractivity contribution < 1.29 is 18.6 Å². The fourth-order valence-corrected chi connectivity index (χ4v) is 2.05. The van der Waals surface area contributed by atoms with Gasteiger partial charge in [0.05, 0.1) is 13.6 Å². The Balaban J connectivity index is 2.28. The van der Waals surface area contributed by atoms with Gasteiger partial charge in [-0.3, -0.25) is 0 Å². The molecule has 0 fully saturated rings. The summed E-state index contributed by atoms with van der Waals surface area (Å²) < 4.78 is 8.56. The van der Waals surface area contributed by atoms with Crippen molar-refractivity contribution in [1.29, 1.82) is 0 Å². The fraction of sp³-hybridized carbons (Fsp3) is 0.625. The lowest BCUT2D eigenvalue weighted by molar-refractivity contribution is -0.671. The average molecular weight is 217 g/mol. The van der Waals surface area contributed by atoms with Crippen LogP contribution in [-0.4, -0.2) is 30.1 Å². The lowest BCUT2D eigenvalue weighted by atomic mass is 10.5. The van der Waals surface area contributed by atoms with Crippen molar-refractivity contribution in [2.24, 2.45) is 7.05 Å². The van der Waals surface area contributed by atoms with Gasteiger partial charge in [0.1, 0.15) is 12.4 Å². The molecule has 1 aromatic heterocycles. The highest BCUT2D eigenvalue weighted by Gasteiger charge is 2.29. The molecule has 14 heavy (non-hydrogen) atoms. The van der Waals surface area contributed by atoms with Crippen LogP contribution in [0, 0.1) is 0 Å². The summed E-state index contributed by atoms with van der Waals surface area (Å²) in [6.45, 7) is 0.778. The summed E-state index contributed by atoms with van der Waals surface area (Å²) in [6, 6.07) is 0.339. The summed E-state index contributed by atoms with van der Waals surface area (Å²) in [6.07, 6.45) is 6.55. The van der Waals surface area contributed by atoms with E-state index >= 15 is 0 Å². The zero-order valence-corrected chi connectivity index (χ0v) is 9.55. The van der Waals surface area contributed by atoms with Crippen LogP contribution in [0.2, 0.25) is 6.04 Å². The van der Waals surface area contributed by atoms with Crippen molar-refractivity contribution in [3.63, 3.8) is 0 Å². The molecule has 0 aromatic carbocycles. The molecular weight excluding hydrogens is 200 g/mol. The van der Waals surface area contributed by atoms with E-state index in [1.807, 2.05) is 34.9 Å². The first kappa shape index (κ1) is 11.4. The molecular formula is C8H17N2O3Si+. The van der Waals surface area contributed by atoms with Gasteiger partial charge in [0.2, 0.25) is 6.33 Å². The monoisotopic (exact) mass is 217 g/mol. The van der Waals surface area contributed by atoms with E-state index in [-0.39, 0.29) is 0 Å². The predicted octanol–water partition coefficient (Wildman–Crippen LogP) is -0.727. The third-order valence-electron chi connectivity index (χ3n) is 2.07. The first-order valence-electron chi connectivity index (χ1n) is 4.54. The Labute approximate surface area is 84.6 Å². The summed E-state index contributed by atoms with van der Waals surface area (Å²) in [7, 11) is -0.0621. The van der Waals surface area contributed by atoms with Crippen LogP contribution in [0.3, 0.4) is 0 Å². The second kappa shape index (κ2) is 4.69. The lowest BCUT2D eigenvalue weighted by Gasteiger charge is -2.13. The van der Waals surface area contributed by atoms with Gasteiger partial charge in [-0.1, -0.05) is 0 Å². The minimum Gasteiger partial charge on any atom is -0.390 e. The van der Waals surface area contributed by atoms with Gasteiger partial charge in [0.25, 0.3) is 0 Å². The van der Waals surface area contributed by atoms with Crippen LogP contribution in [0.5, 0.6) is 0 Å². The van der Waals surface area contributed by atoms with Crippen LogP contribution in [0.1, 0.15) is 6.42 Å². The molecule has 0 amide bonds. The molecule has 1 aromatic rings. The number of hydrogen-bond donors (Lipinski definition) is 2. The molecule has 0 atom stereocenters. The van der Waals surface area contributed by atoms with Gasteiger partial charge in [-0.25, -0.2) is 9.13 Å². The second-order valence-electron chi connectivity index (χ2n) is 3.37. The predicted molar refractivity (Wildman–Crippen MR) is 52.2 cm³/mol. The SMILES string of the molecule is CO[Si](O)(O)CCCn1cc[n+](C)c1. The highest BCUT2D eigenvalue weighted by Crippen LogP contribution is 2.06. The number of imidazole rings is 1. The minimum atomic E-state index is -3.34. The molecule has 0 unspecified atom stereocenters. The van der Waals surface area contributed by atoms with E-state index in [0.717, 1.165) is 6.54 Å². The Morgan fingerprint density at radius 3 is 2.71 bits per heavy atom. The zero-order chi connectivity index (χ0) is 10.6. The van der Waals surface area contributed by atoms with E-state index in [1.54, 1.807) is 0 Å². The Morgan fingerprint density at radius 1 is 1.50 bits per heavy atom. The maximum atomic E-state index is 9.26. The Morgan fingerprint density at radius 2 is 2.21 bits per heavy atom.